The molecule has 2 amide bonds. The molecule has 0 aliphatic heterocycles. The van der Waals surface area contributed by atoms with E-state index >= 15 is 0 Å². The van der Waals surface area contributed by atoms with Gasteiger partial charge in [-0.3, -0.25) is 9.59 Å². The summed E-state index contributed by atoms with van der Waals surface area (Å²) in [6.45, 7) is 0. The number of carbonyl (C=O) groups excluding carboxylic acids is 2. The van der Waals surface area contributed by atoms with Gasteiger partial charge in [0.2, 0.25) is 11.8 Å². The van der Waals surface area contributed by atoms with Crippen LogP contribution in [0.5, 0.6) is 0 Å². The Kier molecular flexibility index (Phi) is 13.6. The molecule has 19 heteroatoms. The fourth-order valence-electron chi connectivity index (χ4n) is 0.826. The van der Waals surface area contributed by atoms with Gasteiger partial charge in [-0.05, 0) is 18.2 Å². The second-order valence-electron chi connectivity index (χ2n) is 4.72. The monoisotopic (exact) mass is 506 g/mol. The molecule has 0 aromatic heterocycles. The van der Waals surface area contributed by atoms with Crippen LogP contribution in [0.3, 0.4) is 0 Å². The standard InChI is InChI=1S/C8H8N2O2.3C2HF3O2/c9-7(11)5-2-1-3-6(4-5)8(10)12;3*3-2(4,5)1(6)7/h1-4H,(H2,9,11)(H2,10,12);3*(H,6,7). The van der Waals surface area contributed by atoms with Crippen LogP contribution in [0, 0.1) is 0 Å². The molecule has 0 aliphatic rings. The number of benzene rings is 1. The van der Waals surface area contributed by atoms with E-state index in [9.17, 15) is 49.1 Å². The molecule has 0 heterocycles. The van der Waals surface area contributed by atoms with Gasteiger partial charge in [-0.2, -0.15) is 39.5 Å². The summed E-state index contributed by atoms with van der Waals surface area (Å²) >= 11 is 0. The Morgan fingerprint density at radius 2 is 0.758 bits per heavy atom. The highest BCUT2D eigenvalue weighted by molar-refractivity contribution is 5.98. The van der Waals surface area contributed by atoms with Crippen molar-refractivity contribution < 1.29 is 78.8 Å². The second-order valence-corrected chi connectivity index (χ2v) is 4.72. The summed E-state index contributed by atoms with van der Waals surface area (Å²) in [6.07, 6.45) is -15.3. The predicted molar refractivity (Wildman–Crippen MR) is 84.6 cm³/mol. The zero-order valence-corrected chi connectivity index (χ0v) is 15.2. The molecule has 10 nitrogen and oxygen atoms in total. The quantitative estimate of drug-likeness (QED) is 0.374. The molecule has 33 heavy (non-hydrogen) atoms. The highest BCUT2D eigenvalue weighted by Gasteiger charge is 2.39. The van der Waals surface area contributed by atoms with Gasteiger partial charge in [-0.25, -0.2) is 14.4 Å². The Balaban J connectivity index is -0.000000379. The van der Waals surface area contributed by atoms with Crippen molar-refractivity contribution in [3.63, 3.8) is 0 Å². The minimum absolute atomic E-state index is 0.284. The maximum Gasteiger partial charge on any atom is 0.490 e. The number of carboxylic acids is 3. The molecule has 0 radical (unpaired) electrons. The lowest BCUT2D eigenvalue weighted by Crippen LogP contribution is -2.21. The van der Waals surface area contributed by atoms with Gasteiger partial charge in [0.25, 0.3) is 0 Å². The van der Waals surface area contributed by atoms with Crippen LogP contribution in [0.4, 0.5) is 39.5 Å². The van der Waals surface area contributed by atoms with Crippen LogP contribution in [0.2, 0.25) is 0 Å². The fourth-order valence-corrected chi connectivity index (χ4v) is 0.826. The smallest absolute Gasteiger partial charge is 0.475 e. The molecule has 0 aliphatic carbocycles. The maximum absolute atomic E-state index is 10.6. The molecule has 0 unspecified atom stereocenters. The average Bonchev–Trinajstić information content (AvgIpc) is 2.60. The lowest BCUT2D eigenvalue weighted by Gasteiger charge is -1.97. The summed E-state index contributed by atoms with van der Waals surface area (Å²) < 4.78 is 95.2. The van der Waals surface area contributed by atoms with Crippen molar-refractivity contribution in [2.24, 2.45) is 11.5 Å². The average molecular weight is 506 g/mol. The van der Waals surface area contributed by atoms with Crippen LogP contribution in [0.15, 0.2) is 24.3 Å². The van der Waals surface area contributed by atoms with E-state index in [1.807, 2.05) is 0 Å². The highest BCUT2D eigenvalue weighted by atomic mass is 19.4. The van der Waals surface area contributed by atoms with Crippen LogP contribution in [-0.2, 0) is 14.4 Å². The normalized spacial score (nSPS) is 10.6. The summed E-state index contributed by atoms with van der Waals surface area (Å²) in [5, 5.41) is 21.4. The molecule has 0 saturated carbocycles. The van der Waals surface area contributed by atoms with Crippen LogP contribution < -0.4 is 11.5 Å². The van der Waals surface area contributed by atoms with Crippen molar-refractivity contribution in [3.05, 3.63) is 35.4 Å². The first-order chi connectivity index (χ1) is 14.4. The molecule has 188 valence electrons. The van der Waals surface area contributed by atoms with E-state index in [0.29, 0.717) is 0 Å². The largest absolute Gasteiger partial charge is 0.490 e. The molecule has 0 atom stereocenters. The van der Waals surface area contributed by atoms with Crippen LogP contribution in [-0.4, -0.2) is 63.6 Å². The molecule has 1 rings (SSSR count). The van der Waals surface area contributed by atoms with Crippen molar-refractivity contribution >= 4 is 29.7 Å². The molecular weight excluding hydrogens is 495 g/mol. The van der Waals surface area contributed by atoms with Crippen molar-refractivity contribution in [1.82, 2.24) is 0 Å². The van der Waals surface area contributed by atoms with Gasteiger partial charge < -0.3 is 26.8 Å². The number of carboxylic acid groups (broad SMARTS) is 3. The number of primary amides is 2. The summed E-state index contributed by atoms with van der Waals surface area (Å²) in [5.41, 5.74) is 10.6. The Morgan fingerprint density at radius 3 is 0.879 bits per heavy atom. The molecule has 0 fully saturated rings. The second kappa shape index (κ2) is 13.4. The Morgan fingerprint density at radius 1 is 0.576 bits per heavy atom. The number of halogens is 9. The SMILES string of the molecule is NC(=O)c1cccc(C(N)=O)c1.O=C(O)C(F)(F)F.O=C(O)C(F)(F)F.O=C(O)C(F)(F)F. The van der Waals surface area contributed by atoms with Crippen LogP contribution >= 0.6 is 0 Å². The first-order valence-electron chi connectivity index (χ1n) is 7.04. The number of hydrogen-bond acceptors (Lipinski definition) is 5. The summed E-state index contributed by atoms with van der Waals surface area (Å²) in [5.74, 6) is -9.41. The summed E-state index contributed by atoms with van der Waals surface area (Å²) in [4.78, 5) is 48.0. The van der Waals surface area contributed by atoms with Gasteiger partial charge in [0.1, 0.15) is 0 Å². The zero-order chi connectivity index (χ0) is 27.4. The van der Waals surface area contributed by atoms with E-state index in [1.54, 1.807) is 6.07 Å². The van der Waals surface area contributed by atoms with Crippen LogP contribution in [0.1, 0.15) is 20.7 Å². The number of nitrogens with two attached hydrogens (primary N) is 2. The van der Waals surface area contributed by atoms with E-state index in [0.717, 1.165) is 0 Å². The van der Waals surface area contributed by atoms with Gasteiger partial charge in [0.15, 0.2) is 0 Å². The van der Waals surface area contributed by atoms with Gasteiger partial charge in [0, 0.05) is 11.1 Å². The van der Waals surface area contributed by atoms with Gasteiger partial charge in [-0.1, -0.05) is 6.07 Å². The van der Waals surface area contributed by atoms with Crippen molar-refractivity contribution in [1.29, 1.82) is 0 Å². The molecule has 0 saturated heterocycles. The lowest BCUT2D eigenvalue weighted by molar-refractivity contribution is -0.193. The highest BCUT2D eigenvalue weighted by Crippen LogP contribution is 2.14. The van der Waals surface area contributed by atoms with E-state index in [2.05, 4.69) is 0 Å². The van der Waals surface area contributed by atoms with E-state index in [4.69, 9.17) is 41.2 Å². The lowest BCUT2D eigenvalue weighted by atomic mass is 10.1. The van der Waals surface area contributed by atoms with Crippen molar-refractivity contribution in [2.45, 2.75) is 18.5 Å². The molecule has 0 spiro atoms. The fraction of sp³-hybridized carbons (Fsp3) is 0.214. The topological polar surface area (TPSA) is 198 Å². The third kappa shape index (κ3) is 18.4. The minimum atomic E-state index is -5.08. The number of amides is 2. The number of carbonyl (C=O) groups is 5. The predicted octanol–water partition coefficient (Wildman–Crippen LogP) is 1.78. The van der Waals surface area contributed by atoms with Crippen molar-refractivity contribution in [2.75, 3.05) is 0 Å². The van der Waals surface area contributed by atoms with E-state index in [-0.39, 0.29) is 11.1 Å². The third-order valence-electron chi connectivity index (χ3n) is 2.16. The molecule has 1 aromatic carbocycles. The van der Waals surface area contributed by atoms with Gasteiger partial charge in [-0.15, -0.1) is 0 Å². The number of aliphatic carboxylic acids is 3. The number of alkyl halides is 9. The first-order valence-corrected chi connectivity index (χ1v) is 7.04. The third-order valence-corrected chi connectivity index (χ3v) is 2.16. The van der Waals surface area contributed by atoms with Crippen molar-refractivity contribution in [3.8, 4) is 0 Å². The van der Waals surface area contributed by atoms with E-state index in [1.165, 1.54) is 18.2 Å². The molecule has 7 N–H and O–H groups in total. The maximum atomic E-state index is 10.6. The summed E-state index contributed by atoms with van der Waals surface area (Å²) in [7, 11) is 0. The van der Waals surface area contributed by atoms with Crippen LogP contribution in [0.25, 0.3) is 0 Å². The number of hydrogen-bond donors (Lipinski definition) is 5. The Labute approximate surface area is 175 Å². The van der Waals surface area contributed by atoms with Gasteiger partial charge >= 0.3 is 36.4 Å². The number of rotatable bonds is 2. The van der Waals surface area contributed by atoms with E-state index < -0.39 is 48.3 Å². The summed E-state index contributed by atoms with van der Waals surface area (Å²) in [6, 6.07) is 5.97. The molecular formula is C14H11F9N2O8. The Bertz CT molecular complexity index is 762. The molecule has 1 aromatic rings. The van der Waals surface area contributed by atoms with Gasteiger partial charge in [0.05, 0.1) is 0 Å². The first kappa shape index (κ1) is 33.6. The zero-order valence-electron chi connectivity index (χ0n) is 15.2. The molecule has 0 bridgehead atoms. The minimum Gasteiger partial charge on any atom is -0.475 e. The Hall–Kier alpha value is -4.06.